The van der Waals surface area contributed by atoms with Crippen LogP contribution in [0.25, 0.3) is 0 Å². The van der Waals surface area contributed by atoms with Gasteiger partial charge in [0.2, 0.25) is 0 Å². The highest BCUT2D eigenvalue weighted by molar-refractivity contribution is 6.30. The van der Waals surface area contributed by atoms with Crippen LogP contribution in [0.3, 0.4) is 0 Å². The Bertz CT molecular complexity index is 1070. The molecule has 29 heavy (non-hydrogen) atoms. The van der Waals surface area contributed by atoms with E-state index in [0.29, 0.717) is 33.0 Å². The third-order valence-electron chi connectivity index (χ3n) is 4.69. The molecular formula is C23H16ClNO4. The number of halogens is 1. The number of hydrogen-bond donors (Lipinski definition) is 0. The van der Waals surface area contributed by atoms with Gasteiger partial charge in [0, 0.05) is 10.6 Å². The number of fused-ring (bicyclic) bond motifs is 1. The Balaban J connectivity index is 1.46. The standard InChI is InChI=1S/C23H16ClNO4/c24-16-11-9-15(10-12-16)21(26)19-7-3-4-8-20(19)29-14-13-25-22(27)17-5-1-2-6-18(17)23(25)28/h1-12H,13-14H2. The van der Waals surface area contributed by atoms with Crippen LogP contribution < -0.4 is 4.74 Å². The smallest absolute Gasteiger partial charge is 0.261 e. The van der Waals surface area contributed by atoms with Crippen molar-refractivity contribution in [3.05, 3.63) is 100 Å². The van der Waals surface area contributed by atoms with Gasteiger partial charge in [-0.3, -0.25) is 19.3 Å². The van der Waals surface area contributed by atoms with E-state index in [0.717, 1.165) is 4.90 Å². The summed E-state index contributed by atoms with van der Waals surface area (Å²) >= 11 is 5.89. The summed E-state index contributed by atoms with van der Waals surface area (Å²) in [7, 11) is 0. The molecule has 4 rings (SSSR count). The summed E-state index contributed by atoms with van der Waals surface area (Å²) in [5.41, 5.74) is 1.69. The summed E-state index contributed by atoms with van der Waals surface area (Å²) in [6.45, 7) is 0.173. The lowest BCUT2D eigenvalue weighted by atomic mass is 10.0. The van der Waals surface area contributed by atoms with Crippen LogP contribution in [0.15, 0.2) is 72.8 Å². The van der Waals surface area contributed by atoms with Gasteiger partial charge in [0.15, 0.2) is 5.78 Å². The number of nitrogens with zero attached hydrogens (tertiary/aromatic N) is 1. The molecule has 3 aromatic carbocycles. The van der Waals surface area contributed by atoms with Crippen LogP contribution in [-0.4, -0.2) is 35.6 Å². The van der Waals surface area contributed by atoms with Gasteiger partial charge in [-0.25, -0.2) is 0 Å². The highest BCUT2D eigenvalue weighted by atomic mass is 35.5. The molecular weight excluding hydrogens is 390 g/mol. The lowest BCUT2D eigenvalue weighted by molar-refractivity contribution is 0.0630. The first-order valence-electron chi connectivity index (χ1n) is 9.03. The Hall–Kier alpha value is -3.44. The molecule has 0 spiro atoms. The topological polar surface area (TPSA) is 63.7 Å². The number of carbonyl (C=O) groups excluding carboxylic acids is 3. The van der Waals surface area contributed by atoms with Gasteiger partial charge in [0.1, 0.15) is 12.4 Å². The van der Waals surface area contributed by atoms with E-state index in [1.165, 1.54) is 0 Å². The zero-order chi connectivity index (χ0) is 20.4. The average Bonchev–Trinajstić information content (AvgIpc) is 2.99. The first-order chi connectivity index (χ1) is 14.1. The number of ketones is 1. The van der Waals surface area contributed by atoms with Crippen LogP contribution in [0, 0.1) is 0 Å². The summed E-state index contributed by atoms with van der Waals surface area (Å²) < 4.78 is 5.77. The van der Waals surface area contributed by atoms with Crippen molar-refractivity contribution in [2.45, 2.75) is 0 Å². The van der Waals surface area contributed by atoms with Crippen LogP contribution in [0.2, 0.25) is 5.02 Å². The van der Waals surface area contributed by atoms with E-state index in [9.17, 15) is 14.4 Å². The van der Waals surface area contributed by atoms with Crippen LogP contribution in [0.1, 0.15) is 36.6 Å². The van der Waals surface area contributed by atoms with Crippen molar-refractivity contribution >= 4 is 29.2 Å². The minimum absolute atomic E-state index is 0.0797. The van der Waals surface area contributed by atoms with Crippen molar-refractivity contribution in [1.29, 1.82) is 0 Å². The second-order valence-corrected chi connectivity index (χ2v) is 6.92. The number of carbonyl (C=O) groups is 3. The van der Waals surface area contributed by atoms with Gasteiger partial charge in [0.25, 0.3) is 11.8 Å². The predicted octanol–water partition coefficient (Wildman–Crippen LogP) is 4.25. The molecule has 0 N–H and O–H groups in total. The zero-order valence-electron chi connectivity index (χ0n) is 15.3. The van der Waals surface area contributed by atoms with E-state index in [1.54, 1.807) is 72.8 Å². The molecule has 0 saturated heterocycles. The van der Waals surface area contributed by atoms with E-state index in [1.807, 2.05) is 0 Å². The minimum atomic E-state index is -0.334. The van der Waals surface area contributed by atoms with Gasteiger partial charge in [-0.15, -0.1) is 0 Å². The number of amides is 2. The van der Waals surface area contributed by atoms with Gasteiger partial charge in [-0.05, 0) is 48.5 Å². The van der Waals surface area contributed by atoms with Crippen molar-refractivity contribution in [3.8, 4) is 5.75 Å². The van der Waals surface area contributed by atoms with Crippen molar-refractivity contribution < 1.29 is 19.1 Å². The molecule has 144 valence electrons. The van der Waals surface area contributed by atoms with Gasteiger partial charge >= 0.3 is 0 Å². The van der Waals surface area contributed by atoms with Crippen LogP contribution in [-0.2, 0) is 0 Å². The van der Waals surface area contributed by atoms with E-state index in [-0.39, 0.29) is 30.7 Å². The molecule has 0 atom stereocenters. The average molecular weight is 406 g/mol. The Morgan fingerprint density at radius 3 is 2.07 bits per heavy atom. The molecule has 5 nitrogen and oxygen atoms in total. The highest BCUT2D eigenvalue weighted by Gasteiger charge is 2.34. The Morgan fingerprint density at radius 2 is 1.41 bits per heavy atom. The monoisotopic (exact) mass is 405 g/mol. The third-order valence-corrected chi connectivity index (χ3v) is 4.94. The quantitative estimate of drug-likeness (QED) is 0.454. The SMILES string of the molecule is O=C(c1ccc(Cl)cc1)c1ccccc1OCCN1C(=O)c2ccccc2C1=O. The van der Waals surface area contributed by atoms with Crippen molar-refractivity contribution in [3.63, 3.8) is 0 Å². The second-order valence-electron chi connectivity index (χ2n) is 6.49. The number of imide groups is 1. The third kappa shape index (κ3) is 3.65. The van der Waals surface area contributed by atoms with Crippen LogP contribution in [0.5, 0.6) is 5.75 Å². The Morgan fingerprint density at radius 1 is 0.828 bits per heavy atom. The minimum Gasteiger partial charge on any atom is -0.491 e. The lowest BCUT2D eigenvalue weighted by Crippen LogP contribution is -2.33. The fourth-order valence-corrected chi connectivity index (χ4v) is 3.35. The summed E-state index contributed by atoms with van der Waals surface area (Å²) in [6, 6.07) is 20.2. The summed E-state index contributed by atoms with van der Waals surface area (Å²) in [6.07, 6.45) is 0. The molecule has 0 radical (unpaired) electrons. The first kappa shape index (κ1) is 18.9. The predicted molar refractivity (Wildman–Crippen MR) is 109 cm³/mol. The maximum absolute atomic E-state index is 12.8. The number of ether oxygens (including phenoxy) is 1. The lowest BCUT2D eigenvalue weighted by Gasteiger charge is -2.16. The fourth-order valence-electron chi connectivity index (χ4n) is 3.23. The van der Waals surface area contributed by atoms with Crippen molar-refractivity contribution in [2.24, 2.45) is 0 Å². The summed E-state index contributed by atoms with van der Waals surface area (Å²) in [5.74, 6) is -0.471. The Labute approximate surface area is 172 Å². The molecule has 0 aromatic heterocycles. The number of hydrogen-bond acceptors (Lipinski definition) is 4. The zero-order valence-corrected chi connectivity index (χ0v) is 16.1. The van der Waals surface area contributed by atoms with Gasteiger partial charge < -0.3 is 4.74 Å². The fraction of sp³-hybridized carbons (Fsp3) is 0.0870. The molecule has 0 fully saturated rings. The van der Waals surface area contributed by atoms with Gasteiger partial charge in [-0.2, -0.15) is 0 Å². The van der Waals surface area contributed by atoms with E-state index >= 15 is 0 Å². The van der Waals surface area contributed by atoms with Crippen molar-refractivity contribution in [2.75, 3.05) is 13.2 Å². The van der Waals surface area contributed by atoms with Gasteiger partial charge in [-0.1, -0.05) is 35.9 Å². The second kappa shape index (κ2) is 7.89. The first-order valence-corrected chi connectivity index (χ1v) is 9.41. The normalized spacial score (nSPS) is 12.8. The molecule has 6 heteroatoms. The molecule has 3 aromatic rings. The molecule has 0 aliphatic carbocycles. The van der Waals surface area contributed by atoms with E-state index in [4.69, 9.17) is 16.3 Å². The van der Waals surface area contributed by atoms with E-state index in [2.05, 4.69) is 0 Å². The molecule has 1 aliphatic heterocycles. The number of para-hydroxylation sites is 1. The highest BCUT2D eigenvalue weighted by Crippen LogP contribution is 2.24. The summed E-state index contributed by atoms with van der Waals surface area (Å²) in [4.78, 5) is 38.8. The molecule has 1 heterocycles. The molecule has 2 amide bonds. The van der Waals surface area contributed by atoms with Gasteiger partial charge in [0.05, 0.1) is 23.2 Å². The number of rotatable bonds is 6. The maximum Gasteiger partial charge on any atom is 0.261 e. The van der Waals surface area contributed by atoms with Crippen molar-refractivity contribution in [1.82, 2.24) is 4.90 Å². The maximum atomic E-state index is 12.8. The van der Waals surface area contributed by atoms with Crippen LogP contribution in [0.4, 0.5) is 0 Å². The summed E-state index contributed by atoms with van der Waals surface area (Å²) in [5, 5.41) is 0.548. The molecule has 0 bridgehead atoms. The largest absolute Gasteiger partial charge is 0.491 e. The van der Waals surface area contributed by atoms with E-state index < -0.39 is 0 Å². The molecule has 1 aliphatic rings. The molecule has 0 unspecified atom stereocenters. The molecule has 0 saturated carbocycles. The van der Waals surface area contributed by atoms with Crippen LogP contribution >= 0.6 is 11.6 Å². The Kier molecular flexibility index (Phi) is 5.14. The number of benzene rings is 3.